The second-order valence-corrected chi connectivity index (χ2v) is 4.63. The van der Waals surface area contributed by atoms with Gasteiger partial charge in [0.1, 0.15) is 0 Å². The van der Waals surface area contributed by atoms with E-state index in [1.165, 1.54) is 36.8 Å². The first-order chi connectivity index (χ1) is 10.4. The SMILES string of the molecule is C(=C\c1ccccc1)/CCCCc1ccccc1.O=C=O. The van der Waals surface area contributed by atoms with Gasteiger partial charge in [-0.1, -0.05) is 72.8 Å². The molecule has 2 nitrogen and oxygen atoms in total. The number of benzene rings is 2. The smallest absolute Gasteiger partial charge is 0.186 e. The van der Waals surface area contributed by atoms with E-state index in [1.807, 2.05) is 0 Å². The minimum Gasteiger partial charge on any atom is -0.186 e. The van der Waals surface area contributed by atoms with Crippen LogP contribution in [0.3, 0.4) is 0 Å². The minimum atomic E-state index is 0.250. The molecule has 0 spiro atoms. The van der Waals surface area contributed by atoms with E-state index in [-0.39, 0.29) is 6.15 Å². The van der Waals surface area contributed by atoms with Gasteiger partial charge in [0, 0.05) is 0 Å². The van der Waals surface area contributed by atoms with Gasteiger partial charge in [-0.2, -0.15) is 9.59 Å². The molecule has 21 heavy (non-hydrogen) atoms. The number of rotatable bonds is 6. The predicted molar refractivity (Wildman–Crippen MR) is 84.5 cm³/mol. The molecule has 0 bridgehead atoms. The van der Waals surface area contributed by atoms with Gasteiger partial charge in [-0.25, -0.2) is 0 Å². The quantitative estimate of drug-likeness (QED) is 0.728. The first-order valence-electron chi connectivity index (χ1n) is 7.11. The summed E-state index contributed by atoms with van der Waals surface area (Å²) >= 11 is 0. The van der Waals surface area contributed by atoms with E-state index in [1.54, 1.807) is 0 Å². The van der Waals surface area contributed by atoms with E-state index < -0.39 is 0 Å². The van der Waals surface area contributed by atoms with Gasteiger partial charge in [0.25, 0.3) is 0 Å². The molecule has 0 heterocycles. The van der Waals surface area contributed by atoms with E-state index in [9.17, 15) is 0 Å². The van der Waals surface area contributed by atoms with Gasteiger partial charge in [-0.3, -0.25) is 0 Å². The monoisotopic (exact) mass is 280 g/mol. The Morgan fingerprint density at radius 2 is 1.38 bits per heavy atom. The first-order valence-corrected chi connectivity index (χ1v) is 7.11. The molecule has 0 saturated heterocycles. The zero-order chi connectivity index (χ0) is 15.2. The van der Waals surface area contributed by atoms with Gasteiger partial charge in [-0.15, -0.1) is 0 Å². The molecule has 0 N–H and O–H groups in total. The second kappa shape index (κ2) is 11.4. The molecule has 0 atom stereocenters. The number of allylic oxidation sites excluding steroid dienone is 1. The van der Waals surface area contributed by atoms with Crippen molar-refractivity contribution in [2.75, 3.05) is 0 Å². The molecule has 0 aliphatic heterocycles. The van der Waals surface area contributed by atoms with Crippen molar-refractivity contribution in [2.45, 2.75) is 25.7 Å². The van der Waals surface area contributed by atoms with Crippen molar-refractivity contribution in [3.63, 3.8) is 0 Å². The van der Waals surface area contributed by atoms with Crippen molar-refractivity contribution in [2.24, 2.45) is 0 Å². The molecular formula is C19H20O2. The van der Waals surface area contributed by atoms with Crippen LogP contribution < -0.4 is 0 Å². The fourth-order valence-electron chi connectivity index (χ4n) is 2.02. The maximum Gasteiger partial charge on any atom is 0.373 e. The van der Waals surface area contributed by atoms with Crippen molar-refractivity contribution in [1.29, 1.82) is 0 Å². The standard InChI is InChI=1S/C18H20.CO2/c1(5-11-17-13-7-3-8-14-17)2-6-12-18-15-9-4-10-16-18;2-1-3/h3-5,7-11,13-16H,1-2,6,12H2;/b11-5+;. The Morgan fingerprint density at radius 1 is 0.810 bits per heavy atom. The first kappa shape index (κ1) is 16.6. The summed E-state index contributed by atoms with van der Waals surface area (Å²) in [5.74, 6) is 0. The lowest BCUT2D eigenvalue weighted by Gasteiger charge is -1.99. The number of carbonyl (C=O) groups excluding carboxylic acids is 2. The van der Waals surface area contributed by atoms with Crippen LogP contribution in [-0.2, 0) is 16.0 Å². The fourth-order valence-corrected chi connectivity index (χ4v) is 2.02. The average molecular weight is 280 g/mol. The van der Waals surface area contributed by atoms with Crippen LogP contribution in [-0.4, -0.2) is 6.15 Å². The van der Waals surface area contributed by atoms with E-state index in [0.29, 0.717) is 0 Å². The van der Waals surface area contributed by atoms with E-state index in [4.69, 9.17) is 9.59 Å². The highest BCUT2D eigenvalue weighted by molar-refractivity contribution is 5.48. The third-order valence-electron chi connectivity index (χ3n) is 3.04. The number of unbranched alkanes of at least 4 members (excludes halogenated alkanes) is 2. The maximum absolute atomic E-state index is 8.12. The summed E-state index contributed by atoms with van der Waals surface area (Å²) in [7, 11) is 0. The van der Waals surface area contributed by atoms with E-state index in [0.717, 1.165) is 0 Å². The Balaban J connectivity index is 0.000000677. The van der Waals surface area contributed by atoms with Crippen LogP contribution in [0, 0.1) is 0 Å². The molecule has 0 aliphatic carbocycles. The molecule has 2 rings (SSSR count). The molecule has 108 valence electrons. The van der Waals surface area contributed by atoms with Crippen LogP contribution in [0.4, 0.5) is 0 Å². The summed E-state index contributed by atoms with van der Waals surface area (Å²) in [6, 6.07) is 21.2. The van der Waals surface area contributed by atoms with Crippen LogP contribution in [0.5, 0.6) is 0 Å². The summed E-state index contributed by atoms with van der Waals surface area (Å²) in [6.45, 7) is 0. The largest absolute Gasteiger partial charge is 0.373 e. The van der Waals surface area contributed by atoms with E-state index in [2.05, 4.69) is 72.8 Å². The normalized spacial score (nSPS) is 9.71. The average Bonchev–Trinajstić information content (AvgIpc) is 2.53. The number of aryl methyl sites for hydroxylation is 1. The van der Waals surface area contributed by atoms with Gasteiger partial charge >= 0.3 is 6.15 Å². The van der Waals surface area contributed by atoms with Crippen molar-refractivity contribution in [1.82, 2.24) is 0 Å². The Morgan fingerprint density at radius 3 is 2.00 bits per heavy atom. The van der Waals surface area contributed by atoms with Gasteiger partial charge in [0.15, 0.2) is 0 Å². The zero-order valence-electron chi connectivity index (χ0n) is 12.1. The molecule has 0 unspecified atom stereocenters. The summed E-state index contributed by atoms with van der Waals surface area (Å²) in [5, 5.41) is 0. The summed E-state index contributed by atoms with van der Waals surface area (Å²) in [6.07, 6.45) is 9.63. The van der Waals surface area contributed by atoms with Gasteiger partial charge in [0.2, 0.25) is 0 Å². The van der Waals surface area contributed by atoms with Gasteiger partial charge in [-0.05, 0) is 36.8 Å². The lowest BCUT2D eigenvalue weighted by atomic mass is 10.1. The van der Waals surface area contributed by atoms with Crippen LogP contribution in [0.2, 0.25) is 0 Å². The van der Waals surface area contributed by atoms with Crippen LogP contribution in [0.25, 0.3) is 6.08 Å². The Bertz CT molecular complexity index is 538. The fraction of sp³-hybridized carbons (Fsp3) is 0.211. The molecule has 2 heteroatoms. The topological polar surface area (TPSA) is 34.1 Å². The highest BCUT2D eigenvalue weighted by Gasteiger charge is 1.91. The third-order valence-corrected chi connectivity index (χ3v) is 3.04. The zero-order valence-corrected chi connectivity index (χ0v) is 12.1. The Kier molecular flexibility index (Phi) is 9.01. The van der Waals surface area contributed by atoms with Crippen LogP contribution >= 0.6 is 0 Å². The molecule has 0 amide bonds. The molecule has 0 aliphatic rings. The molecule has 0 aromatic heterocycles. The second-order valence-electron chi connectivity index (χ2n) is 4.63. The Hall–Kier alpha value is -2.44. The van der Waals surface area contributed by atoms with Gasteiger partial charge < -0.3 is 0 Å². The minimum absolute atomic E-state index is 0.250. The molecule has 0 fully saturated rings. The number of hydrogen-bond donors (Lipinski definition) is 0. The summed E-state index contributed by atoms with van der Waals surface area (Å²) in [4.78, 5) is 16.2. The van der Waals surface area contributed by atoms with Crippen molar-refractivity contribution >= 4 is 12.2 Å². The van der Waals surface area contributed by atoms with E-state index >= 15 is 0 Å². The van der Waals surface area contributed by atoms with Crippen molar-refractivity contribution < 1.29 is 9.59 Å². The molecular weight excluding hydrogens is 260 g/mol. The van der Waals surface area contributed by atoms with Gasteiger partial charge in [0.05, 0.1) is 0 Å². The van der Waals surface area contributed by atoms with Crippen molar-refractivity contribution in [3.8, 4) is 0 Å². The summed E-state index contributed by atoms with van der Waals surface area (Å²) < 4.78 is 0. The van der Waals surface area contributed by atoms with Crippen molar-refractivity contribution in [3.05, 3.63) is 77.9 Å². The van der Waals surface area contributed by atoms with Crippen LogP contribution in [0.15, 0.2) is 66.7 Å². The number of hydrogen-bond acceptors (Lipinski definition) is 2. The lowest BCUT2D eigenvalue weighted by molar-refractivity contribution is -0.191. The highest BCUT2D eigenvalue weighted by atomic mass is 16.2. The highest BCUT2D eigenvalue weighted by Crippen LogP contribution is 2.08. The maximum atomic E-state index is 8.12. The Labute approximate surface area is 126 Å². The lowest BCUT2D eigenvalue weighted by Crippen LogP contribution is -1.83. The van der Waals surface area contributed by atoms with Crippen LogP contribution in [0.1, 0.15) is 30.4 Å². The molecule has 0 saturated carbocycles. The third kappa shape index (κ3) is 8.35. The molecule has 0 radical (unpaired) electrons. The summed E-state index contributed by atoms with van der Waals surface area (Å²) in [5.41, 5.74) is 2.74. The molecule has 2 aromatic rings. The predicted octanol–water partition coefficient (Wildman–Crippen LogP) is 4.53. The molecule has 2 aromatic carbocycles.